The van der Waals surface area contributed by atoms with Crippen molar-refractivity contribution in [3.05, 3.63) is 34.7 Å². The van der Waals surface area contributed by atoms with Gasteiger partial charge in [0.1, 0.15) is 0 Å². The Hall–Kier alpha value is -1.37. The average Bonchev–Trinajstić information content (AvgIpc) is 2.34. The second kappa shape index (κ2) is 5.64. The minimum atomic E-state index is -2.77. The molecule has 0 saturated heterocycles. The molecule has 1 rings (SSSR count). The van der Waals surface area contributed by atoms with Gasteiger partial charge in [-0.2, -0.15) is 0 Å². The van der Waals surface area contributed by atoms with Crippen LogP contribution in [0.2, 0.25) is 0 Å². The Balaban J connectivity index is 3.07. The van der Waals surface area contributed by atoms with Crippen LogP contribution in [0.1, 0.15) is 0 Å². The molecule has 0 aliphatic carbocycles. The minimum absolute atomic E-state index is 0.539. The predicted molar refractivity (Wildman–Crippen MR) is 61.7 cm³/mol. The highest BCUT2D eigenvalue weighted by atomic mass is 28.4. The molecule has 0 saturated carbocycles. The van der Waals surface area contributed by atoms with Crippen molar-refractivity contribution >= 4 is 19.7 Å². The molecule has 0 amide bonds. The maximum Gasteiger partial charge on any atom is 0.536 e. The first-order valence-electron chi connectivity index (χ1n) is 4.53. The van der Waals surface area contributed by atoms with Crippen molar-refractivity contribution < 1.29 is 13.3 Å². The lowest BCUT2D eigenvalue weighted by atomic mass is 10.3. The van der Waals surface area contributed by atoms with Gasteiger partial charge >= 0.3 is 8.80 Å². The van der Waals surface area contributed by atoms with Crippen molar-refractivity contribution in [2.45, 2.75) is 0 Å². The summed E-state index contributed by atoms with van der Waals surface area (Å²) in [7, 11) is 1.85. The first kappa shape index (κ1) is 12.7. The van der Waals surface area contributed by atoms with Crippen molar-refractivity contribution in [2.24, 2.45) is 5.11 Å². The lowest BCUT2D eigenvalue weighted by Gasteiger charge is -2.24. The molecule has 1 aromatic carbocycles. The number of benzene rings is 1. The van der Waals surface area contributed by atoms with Crippen LogP contribution < -0.4 is 5.19 Å². The van der Waals surface area contributed by atoms with E-state index in [1.807, 2.05) is 0 Å². The average molecular weight is 239 g/mol. The van der Waals surface area contributed by atoms with E-state index in [1.165, 1.54) is 0 Å². The number of hydrogen-bond acceptors (Lipinski definition) is 4. The van der Waals surface area contributed by atoms with E-state index in [1.54, 1.807) is 45.6 Å². The molecule has 16 heavy (non-hydrogen) atoms. The normalized spacial score (nSPS) is 10.9. The maximum absolute atomic E-state index is 8.28. The summed E-state index contributed by atoms with van der Waals surface area (Å²) < 4.78 is 15.9. The van der Waals surface area contributed by atoms with E-state index in [0.717, 1.165) is 5.19 Å². The summed E-state index contributed by atoms with van der Waals surface area (Å²) in [5.41, 5.74) is 8.82. The minimum Gasteiger partial charge on any atom is -0.373 e. The summed E-state index contributed by atoms with van der Waals surface area (Å²) in [5, 5.41) is 4.30. The third-order valence-corrected chi connectivity index (χ3v) is 4.84. The molecule has 0 aliphatic heterocycles. The molecule has 0 bridgehead atoms. The molecule has 0 unspecified atom stereocenters. The Morgan fingerprint density at radius 2 is 1.56 bits per heavy atom. The molecule has 0 spiro atoms. The zero-order valence-electron chi connectivity index (χ0n) is 9.38. The SMILES string of the molecule is CO[Si](OC)(OC)c1ccc(N=[N+]=[N-])cc1. The van der Waals surface area contributed by atoms with Gasteiger partial charge < -0.3 is 13.3 Å². The van der Waals surface area contributed by atoms with E-state index >= 15 is 0 Å². The van der Waals surface area contributed by atoms with Crippen LogP contribution in [0.4, 0.5) is 5.69 Å². The van der Waals surface area contributed by atoms with Gasteiger partial charge in [0.2, 0.25) is 0 Å². The van der Waals surface area contributed by atoms with Crippen LogP contribution in [0.3, 0.4) is 0 Å². The van der Waals surface area contributed by atoms with Gasteiger partial charge in [0.15, 0.2) is 0 Å². The van der Waals surface area contributed by atoms with E-state index in [4.69, 9.17) is 18.8 Å². The Kier molecular flexibility index (Phi) is 4.48. The molecule has 0 aliphatic rings. The Labute approximate surface area is 94.8 Å². The molecule has 0 radical (unpaired) electrons. The van der Waals surface area contributed by atoms with Gasteiger partial charge in [0, 0.05) is 37.1 Å². The number of nitrogens with zero attached hydrogens (tertiary/aromatic N) is 3. The molecule has 0 heterocycles. The predicted octanol–water partition coefficient (Wildman–Crippen LogP) is 1.71. The van der Waals surface area contributed by atoms with Gasteiger partial charge in [-0.3, -0.25) is 0 Å². The van der Waals surface area contributed by atoms with Crippen molar-refractivity contribution in [2.75, 3.05) is 21.3 Å². The maximum atomic E-state index is 8.28. The summed E-state index contributed by atoms with van der Waals surface area (Å²) in [6.45, 7) is 0. The number of hydrogen-bond donors (Lipinski definition) is 0. The smallest absolute Gasteiger partial charge is 0.373 e. The monoisotopic (exact) mass is 239 g/mol. The van der Waals surface area contributed by atoms with E-state index in [9.17, 15) is 0 Å². The van der Waals surface area contributed by atoms with Gasteiger partial charge in [0.05, 0.1) is 0 Å². The molecule has 0 N–H and O–H groups in total. The number of rotatable bonds is 5. The molecule has 0 atom stereocenters. The highest BCUT2D eigenvalue weighted by Gasteiger charge is 2.40. The van der Waals surface area contributed by atoms with Crippen LogP contribution in [0, 0.1) is 0 Å². The van der Waals surface area contributed by atoms with E-state index in [0.29, 0.717) is 5.69 Å². The Bertz CT molecular complexity index is 377. The van der Waals surface area contributed by atoms with E-state index in [2.05, 4.69) is 10.0 Å². The second-order valence-electron chi connectivity index (χ2n) is 2.90. The van der Waals surface area contributed by atoms with Gasteiger partial charge in [0.25, 0.3) is 0 Å². The quantitative estimate of drug-likeness (QED) is 0.340. The molecule has 0 fully saturated rings. The van der Waals surface area contributed by atoms with Crippen LogP contribution in [0.5, 0.6) is 0 Å². The molecular formula is C9H13N3O3Si. The van der Waals surface area contributed by atoms with Gasteiger partial charge in [-0.25, -0.2) is 0 Å². The molecular weight excluding hydrogens is 226 g/mol. The summed E-state index contributed by atoms with van der Waals surface area (Å²) in [6, 6.07) is 6.92. The van der Waals surface area contributed by atoms with Crippen LogP contribution in [-0.4, -0.2) is 30.1 Å². The fourth-order valence-electron chi connectivity index (χ4n) is 1.39. The summed E-state index contributed by atoms with van der Waals surface area (Å²) in [6.07, 6.45) is 0. The van der Waals surface area contributed by atoms with E-state index < -0.39 is 8.80 Å². The lowest BCUT2D eigenvalue weighted by molar-refractivity contribution is 0.140. The zero-order chi connectivity index (χ0) is 12.0. The van der Waals surface area contributed by atoms with Gasteiger partial charge in [-0.05, 0) is 5.53 Å². The topological polar surface area (TPSA) is 76.5 Å². The summed E-state index contributed by atoms with van der Waals surface area (Å²) >= 11 is 0. The van der Waals surface area contributed by atoms with Crippen LogP contribution >= 0.6 is 0 Å². The first-order valence-corrected chi connectivity index (χ1v) is 6.26. The third kappa shape index (κ3) is 2.41. The fourth-order valence-corrected chi connectivity index (χ4v) is 3.17. The van der Waals surface area contributed by atoms with Crippen LogP contribution in [0.15, 0.2) is 29.4 Å². The molecule has 7 heteroatoms. The molecule has 86 valence electrons. The largest absolute Gasteiger partial charge is 0.536 e. The van der Waals surface area contributed by atoms with Crippen molar-refractivity contribution in [3.8, 4) is 0 Å². The van der Waals surface area contributed by atoms with E-state index in [-0.39, 0.29) is 0 Å². The van der Waals surface area contributed by atoms with Crippen LogP contribution in [0.25, 0.3) is 10.4 Å². The summed E-state index contributed by atoms with van der Waals surface area (Å²) in [5.74, 6) is 0. The molecule has 1 aromatic rings. The van der Waals surface area contributed by atoms with Crippen molar-refractivity contribution in [1.82, 2.24) is 0 Å². The third-order valence-electron chi connectivity index (χ3n) is 2.19. The second-order valence-corrected chi connectivity index (χ2v) is 5.82. The van der Waals surface area contributed by atoms with Crippen molar-refractivity contribution in [3.63, 3.8) is 0 Å². The van der Waals surface area contributed by atoms with Crippen molar-refractivity contribution in [1.29, 1.82) is 0 Å². The van der Waals surface area contributed by atoms with Gasteiger partial charge in [-0.1, -0.05) is 29.4 Å². The van der Waals surface area contributed by atoms with Gasteiger partial charge in [-0.15, -0.1) is 0 Å². The first-order chi connectivity index (χ1) is 7.72. The highest BCUT2D eigenvalue weighted by Crippen LogP contribution is 2.13. The molecule has 6 nitrogen and oxygen atoms in total. The lowest BCUT2D eigenvalue weighted by Crippen LogP contribution is -2.54. The fraction of sp³-hybridized carbons (Fsp3) is 0.333. The summed E-state index contributed by atoms with van der Waals surface area (Å²) in [4.78, 5) is 2.70. The Morgan fingerprint density at radius 3 is 1.94 bits per heavy atom. The molecule has 0 aromatic heterocycles. The zero-order valence-corrected chi connectivity index (χ0v) is 10.4. The number of azide groups is 1. The highest BCUT2D eigenvalue weighted by molar-refractivity contribution is 6.75. The van der Waals surface area contributed by atoms with Crippen LogP contribution in [-0.2, 0) is 13.3 Å². The Morgan fingerprint density at radius 1 is 1.06 bits per heavy atom. The standard InChI is InChI=1S/C9H13N3O3Si/c1-13-16(14-2,15-3)9-6-4-8(5-7-9)11-12-10/h4-7H,1-3H3.